The normalized spacial score (nSPS) is 10.4. The Morgan fingerprint density at radius 3 is 2.78 bits per heavy atom. The summed E-state index contributed by atoms with van der Waals surface area (Å²) in [6, 6.07) is 8.76. The van der Waals surface area contributed by atoms with Crippen molar-refractivity contribution in [1.29, 1.82) is 0 Å². The Morgan fingerprint density at radius 2 is 2.06 bits per heavy atom. The number of nitrogens with zero attached hydrogens (tertiary/aromatic N) is 1. The standard InChI is InChI=1S/C13H12Cl2N2O/c1-16-8-10-7-11(4-5-17-10)18-13-3-2-9(14)6-12(13)15/h2-7,16H,8H2,1H3. The second-order valence-electron chi connectivity index (χ2n) is 3.69. The van der Waals surface area contributed by atoms with Crippen LogP contribution in [0.3, 0.4) is 0 Å². The molecule has 0 aliphatic rings. The molecule has 5 heteroatoms. The minimum Gasteiger partial charge on any atom is -0.456 e. The lowest BCUT2D eigenvalue weighted by atomic mass is 10.3. The van der Waals surface area contributed by atoms with Gasteiger partial charge in [0.1, 0.15) is 11.5 Å². The molecule has 2 aromatic rings. The van der Waals surface area contributed by atoms with Gasteiger partial charge in [-0.15, -0.1) is 0 Å². The Labute approximate surface area is 116 Å². The molecule has 3 nitrogen and oxygen atoms in total. The molecule has 0 fully saturated rings. The number of hydrogen-bond acceptors (Lipinski definition) is 3. The molecular weight excluding hydrogens is 271 g/mol. The Morgan fingerprint density at radius 1 is 1.22 bits per heavy atom. The molecule has 0 aliphatic heterocycles. The van der Waals surface area contributed by atoms with Crippen LogP contribution in [0.5, 0.6) is 11.5 Å². The highest BCUT2D eigenvalue weighted by Gasteiger charge is 2.04. The molecule has 0 amide bonds. The topological polar surface area (TPSA) is 34.1 Å². The van der Waals surface area contributed by atoms with Crippen LogP contribution in [0.1, 0.15) is 5.69 Å². The summed E-state index contributed by atoms with van der Waals surface area (Å²) in [6.45, 7) is 0.686. The molecule has 0 saturated heterocycles. The first-order valence-electron chi connectivity index (χ1n) is 5.41. The molecule has 1 heterocycles. The van der Waals surface area contributed by atoms with Crippen molar-refractivity contribution in [3.8, 4) is 11.5 Å². The fraction of sp³-hybridized carbons (Fsp3) is 0.154. The molecule has 0 bridgehead atoms. The first-order valence-corrected chi connectivity index (χ1v) is 6.17. The van der Waals surface area contributed by atoms with Crippen LogP contribution >= 0.6 is 23.2 Å². The highest BCUT2D eigenvalue weighted by Crippen LogP contribution is 2.31. The van der Waals surface area contributed by atoms with Gasteiger partial charge in [-0.25, -0.2) is 0 Å². The highest BCUT2D eigenvalue weighted by molar-refractivity contribution is 6.35. The van der Waals surface area contributed by atoms with E-state index in [0.717, 1.165) is 5.69 Å². The summed E-state index contributed by atoms with van der Waals surface area (Å²) in [4.78, 5) is 4.21. The highest BCUT2D eigenvalue weighted by atomic mass is 35.5. The summed E-state index contributed by atoms with van der Waals surface area (Å²) in [5.41, 5.74) is 0.903. The molecule has 0 spiro atoms. The predicted octanol–water partition coefficient (Wildman–Crippen LogP) is 3.90. The molecule has 0 radical (unpaired) electrons. The van der Waals surface area contributed by atoms with Crippen LogP contribution in [0, 0.1) is 0 Å². The number of pyridine rings is 1. The zero-order valence-corrected chi connectivity index (χ0v) is 11.3. The number of nitrogens with one attached hydrogen (secondary N) is 1. The van der Waals surface area contributed by atoms with Crippen molar-refractivity contribution < 1.29 is 4.74 Å². The van der Waals surface area contributed by atoms with Gasteiger partial charge in [-0.2, -0.15) is 0 Å². The summed E-state index contributed by atoms with van der Waals surface area (Å²) >= 11 is 11.9. The molecule has 0 saturated carbocycles. The number of benzene rings is 1. The Balaban J connectivity index is 2.20. The van der Waals surface area contributed by atoms with Gasteiger partial charge in [0.25, 0.3) is 0 Å². The van der Waals surface area contributed by atoms with Crippen LogP contribution in [0.4, 0.5) is 0 Å². The van der Waals surface area contributed by atoms with Crippen molar-refractivity contribution in [2.24, 2.45) is 0 Å². The fourth-order valence-electron chi connectivity index (χ4n) is 1.48. The van der Waals surface area contributed by atoms with E-state index >= 15 is 0 Å². The second-order valence-corrected chi connectivity index (χ2v) is 4.53. The first kappa shape index (κ1) is 13.1. The fourth-order valence-corrected chi connectivity index (χ4v) is 1.93. The van der Waals surface area contributed by atoms with Gasteiger partial charge in [0.15, 0.2) is 0 Å². The SMILES string of the molecule is CNCc1cc(Oc2ccc(Cl)cc2Cl)ccn1. The van der Waals surface area contributed by atoms with Crippen LogP contribution in [0.2, 0.25) is 10.0 Å². The number of rotatable bonds is 4. The van der Waals surface area contributed by atoms with Gasteiger partial charge >= 0.3 is 0 Å². The molecule has 18 heavy (non-hydrogen) atoms. The molecule has 1 N–H and O–H groups in total. The second kappa shape index (κ2) is 6.05. The van der Waals surface area contributed by atoms with Gasteiger partial charge in [-0.3, -0.25) is 4.98 Å². The maximum absolute atomic E-state index is 6.04. The average Bonchev–Trinajstić information content (AvgIpc) is 2.34. The van der Waals surface area contributed by atoms with Gasteiger partial charge < -0.3 is 10.1 Å². The molecule has 94 valence electrons. The third kappa shape index (κ3) is 3.35. The number of ether oxygens (including phenoxy) is 1. The maximum atomic E-state index is 6.04. The third-order valence-electron chi connectivity index (χ3n) is 2.27. The van der Waals surface area contributed by atoms with Crippen molar-refractivity contribution in [2.45, 2.75) is 6.54 Å². The van der Waals surface area contributed by atoms with Crippen LogP contribution in [-0.4, -0.2) is 12.0 Å². The van der Waals surface area contributed by atoms with Gasteiger partial charge in [0.05, 0.1) is 10.7 Å². The number of halogens is 2. The number of aromatic nitrogens is 1. The first-order chi connectivity index (χ1) is 8.69. The predicted molar refractivity (Wildman–Crippen MR) is 73.5 cm³/mol. The third-order valence-corrected chi connectivity index (χ3v) is 2.80. The molecule has 1 aromatic heterocycles. The molecule has 0 atom stereocenters. The lowest BCUT2D eigenvalue weighted by Crippen LogP contribution is -2.06. The van der Waals surface area contributed by atoms with E-state index in [4.69, 9.17) is 27.9 Å². The van der Waals surface area contributed by atoms with Crippen LogP contribution in [-0.2, 0) is 6.54 Å². The van der Waals surface area contributed by atoms with E-state index < -0.39 is 0 Å². The minimum absolute atomic E-state index is 0.481. The summed E-state index contributed by atoms with van der Waals surface area (Å²) in [7, 11) is 1.87. The smallest absolute Gasteiger partial charge is 0.146 e. The van der Waals surface area contributed by atoms with E-state index in [1.54, 1.807) is 30.5 Å². The molecule has 0 aliphatic carbocycles. The lowest BCUT2D eigenvalue weighted by Gasteiger charge is -2.08. The minimum atomic E-state index is 0.481. The number of hydrogen-bond donors (Lipinski definition) is 1. The summed E-state index contributed by atoms with van der Waals surface area (Å²) < 4.78 is 5.69. The lowest BCUT2D eigenvalue weighted by molar-refractivity contribution is 0.481. The molecule has 1 aromatic carbocycles. The van der Waals surface area contributed by atoms with Crippen LogP contribution in [0.15, 0.2) is 36.5 Å². The maximum Gasteiger partial charge on any atom is 0.146 e. The van der Waals surface area contributed by atoms with Crippen LogP contribution < -0.4 is 10.1 Å². The Kier molecular flexibility index (Phi) is 4.42. The van der Waals surface area contributed by atoms with E-state index in [1.165, 1.54) is 0 Å². The van der Waals surface area contributed by atoms with Crippen LogP contribution in [0.25, 0.3) is 0 Å². The molecule has 0 unspecified atom stereocenters. The summed E-state index contributed by atoms with van der Waals surface area (Å²) in [5.74, 6) is 1.27. The zero-order chi connectivity index (χ0) is 13.0. The summed E-state index contributed by atoms with van der Waals surface area (Å²) in [6.07, 6.45) is 1.70. The molecular formula is C13H12Cl2N2O. The van der Waals surface area contributed by atoms with Gasteiger partial charge in [-0.05, 0) is 31.3 Å². The molecule has 2 rings (SSSR count). The van der Waals surface area contributed by atoms with Crippen molar-refractivity contribution >= 4 is 23.2 Å². The van der Waals surface area contributed by atoms with E-state index in [-0.39, 0.29) is 0 Å². The van der Waals surface area contributed by atoms with E-state index in [1.807, 2.05) is 13.1 Å². The Hall–Kier alpha value is -1.29. The monoisotopic (exact) mass is 282 g/mol. The van der Waals surface area contributed by atoms with E-state index in [2.05, 4.69) is 10.3 Å². The zero-order valence-electron chi connectivity index (χ0n) is 9.78. The average molecular weight is 283 g/mol. The van der Waals surface area contributed by atoms with Crippen molar-refractivity contribution in [3.63, 3.8) is 0 Å². The quantitative estimate of drug-likeness (QED) is 0.924. The van der Waals surface area contributed by atoms with E-state index in [0.29, 0.717) is 28.1 Å². The van der Waals surface area contributed by atoms with Gasteiger partial charge in [0, 0.05) is 23.8 Å². The largest absolute Gasteiger partial charge is 0.456 e. The van der Waals surface area contributed by atoms with Crippen molar-refractivity contribution in [1.82, 2.24) is 10.3 Å². The van der Waals surface area contributed by atoms with Crippen molar-refractivity contribution in [2.75, 3.05) is 7.05 Å². The van der Waals surface area contributed by atoms with Gasteiger partial charge in [0.2, 0.25) is 0 Å². The van der Waals surface area contributed by atoms with E-state index in [9.17, 15) is 0 Å². The van der Waals surface area contributed by atoms with Gasteiger partial charge in [-0.1, -0.05) is 23.2 Å². The Bertz CT molecular complexity index is 546. The van der Waals surface area contributed by atoms with Crippen molar-refractivity contribution in [3.05, 3.63) is 52.3 Å². The summed E-state index contributed by atoms with van der Waals surface area (Å²) in [5, 5.41) is 4.09.